The lowest BCUT2D eigenvalue weighted by Crippen LogP contribution is -2.45. The molecule has 1 aromatic heterocycles. The second-order valence-corrected chi connectivity index (χ2v) is 5.37. The molecule has 1 aliphatic heterocycles. The van der Waals surface area contributed by atoms with Crippen LogP contribution in [-0.2, 0) is 21.8 Å². The SMILES string of the molecule is N#CCn1c(C2(C(F)(F)F)OC=CO2)nc2cc(Cl)c(Cl)cc21. The topological polar surface area (TPSA) is 60.1 Å². The van der Waals surface area contributed by atoms with Gasteiger partial charge in [0.15, 0.2) is 0 Å². The molecule has 0 atom stereocenters. The summed E-state index contributed by atoms with van der Waals surface area (Å²) in [5.41, 5.74) is 0.339. The van der Waals surface area contributed by atoms with Gasteiger partial charge in [-0.2, -0.15) is 18.4 Å². The van der Waals surface area contributed by atoms with E-state index in [9.17, 15) is 13.2 Å². The number of fused-ring (bicyclic) bond motifs is 1. The number of rotatable bonds is 2. The number of benzene rings is 1. The van der Waals surface area contributed by atoms with E-state index in [1.165, 1.54) is 12.1 Å². The van der Waals surface area contributed by atoms with E-state index in [0.29, 0.717) is 0 Å². The zero-order valence-electron chi connectivity index (χ0n) is 11.1. The molecule has 0 N–H and O–H groups in total. The van der Waals surface area contributed by atoms with Gasteiger partial charge in [-0.05, 0) is 12.1 Å². The molecule has 3 rings (SSSR count). The summed E-state index contributed by atoms with van der Waals surface area (Å²) in [5, 5.41) is 9.19. The van der Waals surface area contributed by atoms with Crippen molar-refractivity contribution in [3.63, 3.8) is 0 Å². The number of hydrogen-bond donors (Lipinski definition) is 0. The van der Waals surface area contributed by atoms with Crippen molar-refractivity contribution >= 4 is 34.2 Å². The first kappa shape index (κ1) is 15.8. The first-order valence-corrected chi connectivity index (χ1v) is 6.86. The van der Waals surface area contributed by atoms with Gasteiger partial charge in [-0.15, -0.1) is 0 Å². The van der Waals surface area contributed by atoms with E-state index in [1.807, 2.05) is 0 Å². The Morgan fingerprint density at radius 1 is 1.22 bits per heavy atom. The first-order chi connectivity index (χ1) is 10.8. The Morgan fingerprint density at radius 2 is 1.83 bits per heavy atom. The number of halogens is 5. The van der Waals surface area contributed by atoms with E-state index in [0.717, 1.165) is 17.1 Å². The highest BCUT2D eigenvalue weighted by Crippen LogP contribution is 2.46. The lowest BCUT2D eigenvalue weighted by molar-refractivity contribution is -0.349. The molecule has 0 saturated heterocycles. The van der Waals surface area contributed by atoms with Crippen LogP contribution in [0.15, 0.2) is 24.7 Å². The third-order valence-electron chi connectivity index (χ3n) is 3.21. The van der Waals surface area contributed by atoms with Crippen LogP contribution >= 0.6 is 23.2 Å². The van der Waals surface area contributed by atoms with Gasteiger partial charge in [0.2, 0.25) is 5.82 Å². The molecule has 0 unspecified atom stereocenters. The Balaban J connectivity index is 2.32. The standard InChI is InChI=1S/C13H6Cl2F3N3O2/c14-7-5-9-10(6-8(7)15)21(2-1-19)11(20-9)12(13(16,17)18)22-3-4-23-12/h3-6H,2H2. The fourth-order valence-corrected chi connectivity index (χ4v) is 2.56. The van der Waals surface area contributed by atoms with Gasteiger partial charge in [-0.25, -0.2) is 4.98 Å². The molecule has 1 aliphatic rings. The average Bonchev–Trinajstić information content (AvgIpc) is 3.06. The monoisotopic (exact) mass is 363 g/mol. The van der Waals surface area contributed by atoms with Crippen molar-refractivity contribution in [2.24, 2.45) is 0 Å². The molecule has 0 aliphatic carbocycles. The van der Waals surface area contributed by atoms with E-state index >= 15 is 0 Å². The lowest BCUT2D eigenvalue weighted by Gasteiger charge is -2.28. The van der Waals surface area contributed by atoms with Crippen LogP contribution in [0.1, 0.15) is 5.82 Å². The number of nitrogens with zero attached hydrogens (tertiary/aromatic N) is 3. The maximum absolute atomic E-state index is 13.5. The molecule has 2 heterocycles. The summed E-state index contributed by atoms with van der Waals surface area (Å²) in [6.45, 7) is -0.408. The van der Waals surface area contributed by atoms with Crippen LogP contribution in [0.3, 0.4) is 0 Å². The highest BCUT2D eigenvalue weighted by Gasteiger charge is 2.65. The third-order valence-corrected chi connectivity index (χ3v) is 3.93. The number of nitriles is 1. The van der Waals surface area contributed by atoms with Gasteiger partial charge >= 0.3 is 12.0 Å². The Labute approximate surface area is 137 Å². The molecule has 0 spiro atoms. The second kappa shape index (κ2) is 5.22. The predicted molar refractivity (Wildman–Crippen MR) is 74.4 cm³/mol. The first-order valence-electron chi connectivity index (χ1n) is 6.10. The fraction of sp³-hybridized carbons (Fsp3) is 0.231. The Kier molecular flexibility index (Phi) is 3.58. The molecule has 5 nitrogen and oxygen atoms in total. The third kappa shape index (κ3) is 2.28. The van der Waals surface area contributed by atoms with E-state index in [4.69, 9.17) is 28.5 Å². The average molecular weight is 364 g/mol. The molecular weight excluding hydrogens is 358 g/mol. The van der Waals surface area contributed by atoms with Gasteiger partial charge in [0.05, 0.1) is 27.1 Å². The number of hydrogen-bond acceptors (Lipinski definition) is 4. The minimum absolute atomic E-state index is 0.122. The second-order valence-electron chi connectivity index (χ2n) is 4.56. The van der Waals surface area contributed by atoms with E-state index in [2.05, 4.69) is 14.5 Å². The zero-order valence-corrected chi connectivity index (χ0v) is 12.6. The molecule has 2 aromatic rings. The van der Waals surface area contributed by atoms with E-state index in [1.54, 1.807) is 6.07 Å². The summed E-state index contributed by atoms with van der Waals surface area (Å²) < 4.78 is 51.0. The number of aromatic nitrogens is 2. The van der Waals surface area contributed by atoms with Crippen molar-refractivity contribution < 1.29 is 22.6 Å². The summed E-state index contributed by atoms with van der Waals surface area (Å²) >= 11 is 11.8. The summed E-state index contributed by atoms with van der Waals surface area (Å²) in [4.78, 5) is 3.91. The Hall–Kier alpha value is -2.11. The number of imidazole rings is 1. The summed E-state index contributed by atoms with van der Waals surface area (Å²) in [6.07, 6.45) is -3.40. The van der Waals surface area contributed by atoms with Gasteiger partial charge < -0.3 is 14.0 Å². The van der Waals surface area contributed by atoms with Gasteiger partial charge in [0, 0.05) is 0 Å². The van der Waals surface area contributed by atoms with Crippen molar-refractivity contribution in [2.45, 2.75) is 18.5 Å². The quantitative estimate of drug-likeness (QED) is 0.805. The number of ether oxygens (including phenoxy) is 2. The Bertz CT molecular complexity index is 847. The zero-order chi connectivity index (χ0) is 16.8. The molecule has 10 heteroatoms. The van der Waals surface area contributed by atoms with E-state index in [-0.39, 0.29) is 21.1 Å². The largest absolute Gasteiger partial charge is 0.476 e. The van der Waals surface area contributed by atoms with Crippen LogP contribution in [0.25, 0.3) is 11.0 Å². The molecule has 0 bridgehead atoms. The van der Waals surface area contributed by atoms with Crippen molar-refractivity contribution in [1.82, 2.24) is 9.55 Å². The van der Waals surface area contributed by atoms with Gasteiger partial charge in [-0.1, -0.05) is 23.2 Å². The van der Waals surface area contributed by atoms with Crippen LogP contribution < -0.4 is 0 Å². The van der Waals surface area contributed by atoms with Crippen molar-refractivity contribution in [3.05, 3.63) is 40.5 Å². The van der Waals surface area contributed by atoms with Crippen molar-refractivity contribution in [3.8, 4) is 6.07 Å². The highest BCUT2D eigenvalue weighted by molar-refractivity contribution is 6.42. The van der Waals surface area contributed by atoms with Crippen LogP contribution in [0, 0.1) is 11.3 Å². The lowest BCUT2D eigenvalue weighted by atomic mass is 10.2. The molecule has 0 saturated carbocycles. The predicted octanol–water partition coefficient (Wildman–Crippen LogP) is 4.10. The Morgan fingerprint density at radius 3 is 2.39 bits per heavy atom. The minimum atomic E-state index is -4.93. The van der Waals surface area contributed by atoms with Crippen molar-refractivity contribution in [1.29, 1.82) is 5.26 Å². The van der Waals surface area contributed by atoms with Gasteiger partial charge in [0.1, 0.15) is 19.1 Å². The van der Waals surface area contributed by atoms with E-state index < -0.39 is 24.3 Å². The van der Waals surface area contributed by atoms with Crippen LogP contribution in [0.2, 0.25) is 10.0 Å². The van der Waals surface area contributed by atoms with Crippen LogP contribution in [0.5, 0.6) is 0 Å². The fourth-order valence-electron chi connectivity index (χ4n) is 2.24. The molecule has 0 radical (unpaired) electrons. The maximum Gasteiger partial charge on any atom is 0.476 e. The highest BCUT2D eigenvalue weighted by atomic mass is 35.5. The van der Waals surface area contributed by atoms with Gasteiger partial charge in [-0.3, -0.25) is 0 Å². The van der Waals surface area contributed by atoms with Crippen LogP contribution in [0.4, 0.5) is 13.2 Å². The minimum Gasteiger partial charge on any atom is -0.444 e. The number of alkyl halides is 3. The molecule has 0 amide bonds. The molecule has 0 fully saturated rings. The summed E-state index contributed by atoms with van der Waals surface area (Å²) in [5.74, 6) is -3.74. The van der Waals surface area contributed by atoms with Crippen LogP contribution in [-0.4, -0.2) is 15.7 Å². The molecule has 120 valence electrons. The molecular formula is C13H6Cl2F3N3O2. The summed E-state index contributed by atoms with van der Waals surface area (Å²) in [6, 6.07) is 4.42. The normalized spacial score (nSPS) is 16.2. The molecule has 1 aromatic carbocycles. The van der Waals surface area contributed by atoms with Crippen molar-refractivity contribution in [2.75, 3.05) is 0 Å². The summed E-state index contributed by atoms with van der Waals surface area (Å²) in [7, 11) is 0. The smallest absolute Gasteiger partial charge is 0.444 e. The maximum atomic E-state index is 13.5. The molecule has 23 heavy (non-hydrogen) atoms. The van der Waals surface area contributed by atoms with Gasteiger partial charge in [0.25, 0.3) is 0 Å².